The van der Waals surface area contributed by atoms with Crippen LogP contribution in [0.1, 0.15) is 56.7 Å². The van der Waals surface area contributed by atoms with Gasteiger partial charge < -0.3 is 30.6 Å². The summed E-state index contributed by atoms with van der Waals surface area (Å²) in [5.74, 6) is -6.59. The summed E-state index contributed by atoms with van der Waals surface area (Å²) in [6, 6.07) is 2.54. The Morgan fingerprint density at radius 2 is 1.88 bits per heavy atom. The molecule has 1 fully saturated rings. The van der Waals surface area contributed by atoms with Gasteiger partial charge in [-0.25, -0.2) is 0 Å². The molecule has 0 radical (unpaired) electrons. The summed E-state index contributed by atoms with van der Waals surface area (Å²) in [6.45, 7) is 6.40. The summed E-state index contributed by atoms with van der Waals surface area (Å²) in [5.41, 5.74) is 4.60. The lowest BCUT2D eigenvalue weighted by Crippen LogP contribution is -2.65. The number of aryl methyl sites for hydroxylation is 1. The molecule has 4 atom stereocenters. The van der Waals surface area contributed by atoms with E-state index in [9.17, 15) is 34.8 Å². The molecule has 3 aliphatic rings. The summed E-state index contributed by atoms with van der Waals surface area (Å²) < 4.78 is 5.35. The Labute approximate surface area is 244 Å². The van der Waals surface area contributed by atoms with Gasteiger partial charge in [0.25, 0.3) is 5.91 Å². The molecule has 0 aliphatic heterocycles. The molecule has 42 heavy (non-hydrogen) atoms. The molecule has 3 aliphatic carbocycles. The first kappa shape index (κ1) is 29.6. The van der Waals surface area contributed by atoms with Crippen molar-refractivity contribution in [2.75, 3.05) is 14.1 Å². The molecule has 1 aromatic carbocycles. The van der Waals surface area contributed by atoms with Gasteiger partial charge in [-0.15, -0.1) is 0 Å². The normalized spacial score (nSPS) is 25.9. The topological polar surface area (TPSA) is 175 Å². The van der Waals surface area contributed by atoms with Gasteiger partial charge in [0.2, 0.25) is 5.78 Å². The predicted molar refractivity (Wildman–Crippen MR) is 154 cm³/mol. The quantitative estimate of drug-likeness (QED) is 0.321. The second-order valence-corrected chi connectivity index (χ2v) is 13.2. The summed E-state index contributed by atoms with van der Waals surface area (Å²) in [5, 5.41) is 46.1. The number of phenolic OH excluding ortho intramolecular Hbond substituents is 1. The molecular formula is C32H38N2O8. The van der Waals surface area contributed by atoms with Crippen LogP contribution in [0, 0.1) is 17.3 Å². The smallest absolute Gasteiger partial charge is 0.255 e. The highest BCUT2D eigenvalue weighted by atomic mass is 16.3. The Bertz CT molecular complexity index is 1540. The number of furan rings is 1. The largest absolute Gasteiger partial charge is 0.508 e. The molecule has 10 heteroatoms. The molecule has 1 aromatic heterocycles. The van der Waals surface area contributed by atoms with Crippen LogP contribution in [0.2, 0.25) is 0 Å². The van der Waals surface area contributed by atoms with E-state index in [-0.39, 0.29) is 35.1 Å². The fourth-order valence-corrected chi connectivity index (χ4v) is 7.04. The Morgan fingerprint density at radius 3 is 2.45 bits per heavy atom. The minimum absolute atomic E-state index is 0.0324. The zero-order chi connectivity index (χ0) is 30.9. The Morgan fingerprint density at radius 1 is 1.19 bits per heavy atom. The van der Waals surface area contributed by atoms with Gasteiger partial charge in [0, 0.05) is 17.1 Å². The number of hydrogen-bond acceptors (Lipinski definition) is 9. The van der Waals surface area contributed by atoms with E-state index >= 15 is 0 Å². The summed E-state index contributed by atoms with van der Waals surface area (Å²) in [6.07, 6.45) is 5.54. The van der Waals surface area contributed by atoms with Gasteiger partial charge in [-0.3, -0.25) is 19.3 Å². The number of amides is 1. The fourth-order valence-electron chi connectivity index (χ4n) is 7.04. The first-order valence-corrected chi connectivity index (χ1v) is 14.1. The first-order chi connectivity index (χ1) is 19.6. The molecule has 0 saturated heterocycles. The number of carbonyl (C=O) groups excluding carboxylic acids is 3. The van der Waals surface area contributed by atoms with Crippen molar-refractivity contribution in [2.45, 2.75) is 64.5 Å². The molecule has 2 aromatic rings. The molecular weight excluding hydrogens is 540 g/mol. The number of aliphatic hydroxyl groups is 3. The number of aromatic hydroxyl groups is 1. The second-order valence-electron chi connectivity index (χ2n) is 13.2. The summed E-state index contributed by atoms with van der Waals surface area (Å²) in [4.78, 5) is 41.1. The average Bonchev–Trinajstić information content (AvgIpc) is 3.41. The highest BCUT2D eigenvalue weighted by Crippen LogP contribution is 2.54. The van der Waals surface area contributed by atoms with Crippen LogP contribution < -0.4 is 5.73 Å². The number of benzene rings is 1. The van der Waals surface area contributed by atoms with Crippen molar-refractivity contribution in [3.63, 3.8) is 0 Å². The van der Waals surface area contributed by atoms with E-state index in [1.165, 1.54) is 11.2 Å². The monoisotopic (exact) mass is 578 g/mol. The van der Waals surface area contributed by atoms with Crippen LogP contribution in [-0.2, 0) is 27.2 Å². The lowest BCUT2D eigenvalue weighted by atomic mass is 9.57. The van der Waals surface area contributed by atoms with Crippen molar-refractivity contribution in [1.82, 2.24) is 4.90 Å². The van der Waals surface area contributed by atoms with Crippen molar-refractivity contribution in [1.29, 1.82) is 0 Å². The Kier molecular flexibility index (Phi) is 7.14. The molecule has 0 bridgehead atoms. The van der Waals surface area contributed by atoms with Crippen LogP contribution in [0.4, 0.5) is 0 Å². The van der Waals surface area contributed by atoms with Gasteiger partial charge >= 0.3 is 0 Å². The number of nitrogens with zero attached hydrogens (tertiary/aromatic N) is 1. The zero-order valence-electron chi connectivity index (χ0n) is 24.5. The predicted octanol–water partition coefficient (Wildman–Crippen LogP) is 3.59. The van der Waals surface area contributed by atoms with Gasteiger partial charge in [-0.1, -0.05) is 20.8 Å². The summed E-state index contributed by atoms with van der Waals surface area (Å²) >= 11 is 0. The lowest BCUT2D eigenvalue weighted by molar-refractivity contribution is -0.153. The molecule has 6 N–H and O–H groups in total. The first-order valence-electron chi connectivity index (χ1n) is 14.1. The van der Waals surface area contributed by atoms with Crippen LogP contribution in [0.5, 0.6) is 5.75 Å². The highest BCUT2D eigenvalue weighted by Gasteiger charge is 2.64. The maximum absolute atomic E-state index is 14.1. The van der Waals surface area contributed by atoms with Crippen molar-refractivity contribution < 1.29 is 39.2 Å². The number of hydrogen-bond donors (Lipinski definition) is 5. The summed E-state index contributed by atoms with van der Waals surface area (Å²) in [7, 11) is 3.15. The van der Waals surface area contributed by atoms with Gasteiger partial charge in [-0.05, 0) is 86.4 Å². The Balaban J connectivity index is 1.71. The number of rotatable bonds is 6. The zero-order valence-corrected chi connectivity index (χ0v) is 24.5. The molecule has 10 nitrogen and oxygen atoms in total. The van der Waals surface area contributed by atoms with Crippen LogP contribution in [-0.4, -0.2) is 68.5 Å². The SMILES string of the molecule is CN(C)C1C(=O)C(C(N)=O)=C(O)C2(O)C(=O)C3=C(O)c4c(O)c(CCCC(C)(C)C)cc(-c5ccoc5)c4CC3CC12. The number of likely N-dealkylation sites (N-methyl/N-ethyl adjacent to an activating group) is 1. The number of carbonyl (C=O) groups is 3. The van der Waals surface area contributed by atoms with Crippen LogP contribution in [0.25, 0.3) is 16.9 Å². The highest BCUT2D eigenvalue weighted by molar-refractivity contribution is 6.24. The number of ketones is 2. The number of Topliss-reactive ketones (excluding diaryl/α,β-unsaturated/α-hetero) is 2. The van der Waals surface area contributed by atoms with Gasteiger partial charge in [0.15, 0.2) is 11.4 Å². The number of fused-ring (bicyclic) bond motifs is 3. The van der Waals surface area contributed by atoms with E-state index in [1.807, 2.05) is 6.07 Å². The van der Waals surface area contributed by atoms with Crippen molar-refractivity contribution in [3.8, 4) is 16.9 Å². The third-order valence-corrected chi connectivity index (χ3v) is 9.00. The van der Waals surface area contributed by atoms with Gasteiger partial charge in [-0.2, -0.15) is 0 Å². The standard InChI is InChI=1S/C32H38N2O8/c1-31(2,3)9-6-7-15-11-18(16-8-10-42-14-16)19-12-17-13-20-24(34(4)5)27(37)23(30(33)40)29(39)32(20,41)28(38)21(17)26(36)22(19)25(15)35/h8,10-11,14,17,20,24,35-36,39,41H,6-7,9,12-13H2,1-5H3,(H2,33,40). The van der Waals surface area contributed by atoms with E-state index in [4.69, 9.17) is 10.2 Å². The van der Waals surface area contributed by atoms with E-state index in [2.05, 4.69) is 20.8 Å². The number of aliphatic hydroxyl groups excluding tert-OH is 2. The maximum Gasteiger partial charge on any atom is 0.255 e. The molecule has 0 spiro atoms. The maximum atomic E-state index is 14.1. The minimum atomic E-state index is -2.67. The van der Waals surface area contributed by atoms with Gasteiger partial charge in [0.05, 0.1) is 24.1 Å². The number of phenols is 1. The molecule has 1 saturated carbocycles. The fraction of sp³-hybridized carbons (Fsp3) is 0.469. The molecule has 1 heterocycles. The van der Waals surface area contributed by atoms with E-state index in [0.717, 1.165) is 24.0 Å². The molecule has 224 valence electrons. The van der Waals surface area contributed by atoms with Gasteiger partial charge in [0.1, 0.15) is 22.8 Å². The van der Waals surface area contributed by atoms with Crippen molar-refractivity contribution in [3.05, 3.63) is 58.3 Å². The van der Waals surface area contributed by atoms with Crippen LogP contribution >= 0.6 is 0 Å². The number of nitrogens with two attached hydrogens (primary N) is 1. The van der Waals surface area contributed by atoms with E-state index in [1.54, 1.807) is 26.4 Å². The average molecular weight is 579 g/mol. The number of primary amides is 1. The minimum Gasteiger partial charge on any atom is -0.508 e. The van der Waals surface area contributed by atoms with E-state index < -0.39 is 58.0 Å². The molecule has 5 rings (SSSR count). The van der Waals surface area contributed by atoms with Crippen LogP contribution in [0.15, 0.2) is 46.0 Å². The Hall–Kier alpha value is -3.89. The third-order valence-electron chi connectivity index (χ3n) is 9.00. The lowest BCUT2D eigenvalue weighted by Gasteiger charge is -2.50. The van der Waals surface area contributed by atoms with Crippen molar-refractivity contribution >= 4 is 23.2 Å². The third kappa shape index (κ3) is 4.44. The second kappa shape index (κ2) is 10.1. The van der Waals surface area contributed by atoms with E-state index in [0.29, 0.717) is 17.5 Å². The van der Waals surface area contributed by atoms with Crippen LogP contribution in [0.3, 0.4) is 0 Å². The van der Waals surface area contributed by atoms with Crippen molar-refractivity contribution in [2.24, 2.45) is 23.0 Å². The molecule has 4 unspecified atom stereocenters. The molecule has 1 amide bonds.